The molecule has 0 bridgehead atoms. The van der Waals surface area contributed by atoms with E-state index in [0.29, 0.717) is 5.92 Å². The van der Waals surface area contributed by atoms with Crippen LogP contribution in [0.3, 0.4) is 0 Å². The van der Waals surface area contributed by atoms with Crippen molar-refractivity contribution in [2.24, 2.45) is 0 Å². The third-order valence-electron chi connectivity index (χ3n) is 4.84. The second-order valence-corrected chi connectivity index (χ2v) is 6.28. The smallest absolute Gasteiger partial charge is 0.287 e. The molecule has 4 heterocycles. The summed E-state index contributed by atoms with van der Waals surface area (Å²) in [7, 11) is 0. The van der Waals surface area contributed by atoms with E-state index >= 15 is 0 Å². The fourth-order valence-electron chi connectivity index (χ4n) is 3.70. The van der Waals surface area contributed by atoms with Gasteiger partial charge in [-0.3, -0.25) is 10.1 Å². The lowest BCUT2D eigenvalue weighted by Gasteiger charge is -2.33. The molecule has 1 atom stereocenters. The van der Waals surface area contributed by atoms with Gasteiger partial charge in [0.1, 0.15) is 17.8 Å². The minimum atomic E-state index is -0.413. The highest BCUT2D eigenvalue weighted by atomic mass is 16.6. The number of fused-ring (bicyclic) bond motifs is 1. The number of anilines is 1. The Morgan fingerprint density at radius 3 is 2.87 bits per heavy atom. The second-order valence-electron chi connectivity index (χ2n) is 6.28. The number of hydrogen-bond donors (Lipinski definition) is 0. The largest absolute Gasteiger partial charge is 0.356 e. The maximum Gasteiger partial charge on any atom is 0.287 e. The van der Waals surface area contributed by atoms with E-state index in [0.717, 1.165) is 44.7 Å². The van der Waals surface area contributed by atoms with Crippen LogP contribution >= 0.6 is 0 Å². The first-order valence-electron chi connectivity index (χ1n) is 8.12. The predicted molar refractivity (Wildman–Crippen MR) is 85.6 cm³/mol. The summed E-state index contributed by atoms with van der Waals surface area (Å²) in [4.78, 5) is 21.5. The lowest BCUT2D eigenvalue weighted by molar-refractivity contribution is -0.385. The molecule has 1 unspecified atom stereocenters. The van der Waals surface area contributed by atoms with Gasteiger partial charge in [-0.1, -0.05) is 0 Å². The van der Waals surface area contributed by atoms with E-state index in [9.17, 15) is 10.1 Å². The molecule has 0 saturated carbocycles. The third-order valence-corrected chi connectivity index (χ3v) is 4.84. The molecule has 0 radical (unpaired) electrons. The molecule has 7 nitrogen and oxygen atoms in total. The second kappa shape index (κ2) is 5.64. The molecule has 2 aromatic rings. The summed E-state index contributed by atoms with van der Waals surface area (Å²) in [6.45, 7) is 2.90. The van der Waals surface area contributed by atoms with E-state index in [4.69, 9.17) is 0 Å². The summed E-state index contributed by atoms with van der Waals surface area (Å²) in [6, 6.07) is 3.27. The van der Waals surface area contributed by atoms with Crippen LogP contribution in [0.25, 0.3) is 0 Å². The lowest BCUT2D eigenvalue weighted by Crippen LogP contribution is -2.35. The maximum atomic E-state index is 10.7. The highest BCUT2D eigenvalue weighted by Gasteiger charge is 2.28. The number of aromatic nitrogens is 3. The zero-order valence-corrected chi connectivity index (χ0v) is 12.9. The first kappa shape index (κ1) is 14.2. The number of imidazole rings is 1. The van der Waals surface area contributed by atoms with Gasteiger partial charge in [0.25, 0.3) is 5.69 Å². The van der Waals surface area contributed by atoms with Crippen molar-refractivity contribution in [3.63, 3.8) is 0 Å². The Labute approximate surface area is 134 Å². The van der Waals surface area contributed by atoms with Gasteiger partial charge in [0.15, 0.2) is 0 Å². The van der Waals surface area contributed by atoms with Crippen LogP contribution in [0.1, 0.15) is 36.7 Å². The number of pyridine rings is 1. The van der Waals surface area contributed by atoms with Crippen molar-refractivity contribution in [3.05, 3.63) is 46.2 Å². The summed E-state index contributed by atoms with van der Waals surface area (Å²) >= 11 is 0. The van der Waals surface area contributed by atoms with Crippen LogP contribution in [-0.2, 0) is 13.0 Å². The Hall–Kier alpha value is -2.44. The Kier molecular flexibility index (Phi) is 3.48. The molecular formula is C16H19N5O2. The van der Waals surface area contributed by atoms with Gasteiger partial charge in [-0.25, -0.2) is 9.97 Å². The number of nitro groups is 1. The van der Waals surface area contributed by atoms with E-state index in [2.05, 4.69) is 19.4 Å². The minimum Gasteiger partial charge on any atom is -0.356 e. The van der Waals surface area contributed by atoms with E-state index < -0.39 is 4.92 Å². The Morgan fingerprint density at radius 1 is 1.17 bits per heavy atom. The number of hydrogen-bond acceptors (Lipinski definition) is 5. The molecule has 7 heteroatoms. The molecule has 2 aliphatic rings. The molecule has 0 aliphatic carbocycles. The van der Waals surface area contributed by atoms with Crippen molar-refractivity contribution in [1.82, 2.24) is 14.5 Å². The number of rotatable bonds is 3. The highest BCUT2D eigenvalue weighted by molar-refractivity contribution is 5.43. The van der Waals surface area contributed by atoms with Crippen LogP contribution < -0.4 is 4.90 Å². The molecule has 0 spiro atoms. The molecule has 4 rings (SSSR count). The van der Waals surface area contributed by atoms with E-state index in [1.807, 2.05) is 6.20 Å². The van der Waals surface area contributed by atoms with E-state index in [-0.39, 0.29) is 5.69 Å². The molecule has 1 saturated heterocycles. The number of aryl methyl sites for hydroxylation is 1. The van der Waals surface area contributed by atoms with E-state index in [1.165, 1.54) is 30.2 Å². The highest BCUT2D eigenvalue weighted by Crippen LogP contribution is 2.31. The molecule has 120 valence electrons. The zero-order chi connectivity index (χ0) is 15.8. The van der Waals surface area contributed by atoms with Gasteiger partial charge in [0.2, 0.25) is 0 Å². The first-order valence-corrected chi connectivity index (χ1v) is 8.12. The zero-order valence-electron chi connectivity index (χ0n) is 12.9. The van der Waals surface area contributed by atoms with Crippen molar-refractivity contribution < 1.29 is 4.92 Å². The first-order chi connectivity index (χ1) is 11.2. The SMILES string of the molecule is O=[N+]([O-])c1ccc(N2CCCC(c3ncc4n3CCC4)C2)nc1. The molecular weight excluding hydrogens is 294 g/mol. The van der Waals surface area contributed by atoms with Crippen LogP contribution in [0.4, 0.5) is 11.5 Å². The summed E-state index contributed by atoms with van der Waals surface area (Å²) < 4.78 is 2.37. The average Bonchev–Trinajstić information content (AvgIpc) is 3.18. The van der Waals surface area contributed by atoms with Crippen molar-refractivity contribution >= 4 is 11.5 Å². The van der Waals surface area contributed by atoms with Gasteiger partial charge in [0, 0.05) is 43.5 Å². The molecule has 2 aliphatic heterocycles. The van der Waals surface area contributed by atoms with Crippen LogP contribution in [-0.4, -0.2) is 32.5 Å². The normalized spacial score (nSPS) is 20.5. The van der Waals surface area contributed by atoms with Gasteiger partial charge in [-0.15, -0.1) is 0 Å². The maximum absolute atomic E-state index is 10.7. The van der Waals surface area contributed by atoms with Crippen LogP contribution in [0.15, 0.2) is 24.5 Å². The molecule has 0 N–H and O–H groups in total. The van der Waals surface area contributed by atoms with Gasteiger partial charge in [-0.05, 0) is 31.7 Å². The topological polar surface area (TPSA) is 77.1 Å². The fraction of sp³-hybridized carbons (Fsp3) is 0.500. The monoisotopic (exact) mass is 313 g/mol. The molecule has 23 heavy (non-hydrogen) atoms. The van der Waals surface area contributed by atoms with Gasteiger partial charge in [0.05, 0.1) is 4.92 Å². The van der Waals surface area contributed by atoms with Gasteiger partial charge >= 0.3 is 0 Å². The van der Waals surface area contributed by atoms with Gasteiger partial charge in [-0.2, -0.15) is 0 Å². The number of nitrogens with zero attached hydrogens (tertiary/aromatic N) is 5. The third kappa shape index (κ3) is 2.56. The minimum absolute atomic E-state index is 0.0355. The summed E-state index contributed by atoms with van der Waals surface area (Å²) in [6.07, 6.45) is 7.93. The molecule has 1 fully saturated rings. The van der Waals surface area contributed by atoms with Crippen molar-refractivity contribution in [1.29, 1.82) is 0 Å². The lowest BCUT2D eigenvalue weighted by atomic mass is 9.97. The van der Waals surface area contributed by atoms with Crippen molar-refractivity contribution in [2.45, 2.75) is 38.1 Å². The molecule has 0 aromatic carbocycles. The Bertz CT molecular complexity index is 725. The molecule has 2 aromatic heterocycles. The molecule has 0 amide bonds. The van der Waals surface area contributed by atoms with Crippen LogP contribution in [0.2, 0.25) is 0 Å². The predicted octanol–water partition coefficient (Wildman–Crippen LogP) is 2.52. The summed E-state index contributed by atoms with van der Waals surface area (Å²) in [5, 5.41) is 10.7. The van der Waals surface area contributed by atoms with E-state index in [1.54, 1.807) is 6.07 Å². The van der Waals surface area contributed by atoms with Crippen molar-refractivity contribution in [2.75, 3.05) is 18.0 Å². The Balaban J connectivity index is 1.53. The standard InChI is InChI=1S/C16H19N5O2/c22-21(23)14-5-6-15(17-10-14)19-7-1-3-12(11-19)16-18-9-13-4-2-8-20(13)16/h5-6,9-10,12H,1-4,7-8,11H2. The van der Waals surface area contributed by atoms with Crippen molar-refractivity contribution in [3.8, 4) is 0 Å². The fourth-order valence-corrected chi connectivity index (χ4v) is 3.70. The quantitative estimate of drug-likeness (QED) is 0.643. The number of piperidine rings is 1. The average molecular weight is 313 g/mol. The van der Waals surface area contributed by atoms with Crippen LogP contribution in [0.5, 0.6) is 0 Å². The summed E-state index contributed by atoms with van der Waals surface area (Å²) in [5.74, 6) is 2.42. The Morgan fingerprint density at radius 2 is 2.09 bits per heavy atom. The summed E-state index contributed by atoms with van der Waals surface area (Å²) in [5.41, 5.74) is 1.39. The van der Waals surface area contributed by atoms with Crippen LogP contribution in [0, 0.1) is 10.1 Å². The van der Waals surface area contributed by atoms with Gasteiger partial charge < -0.3 is 9.47 Å².